The molecule has 0 nitrogen and oxygen atoms in total. The zero-order valence-corrected chi connectivity index (χ0v) is 8.82. The van der Waals surface area contributed by atoms with Crippen molar-refractivity contribution in [2.75, 3.05) is 5.75 Å². The Bertz CT molecular complexity index is 243. The van der Waals surface area contributed by atoms with E-state index < -0.39 is 0 Å². The van der Waals surface area contributed by atoms with Crippen LogP contribution in [0.3, 0.4) is 0 Å². The number of fused-ring (bicyclic) bond motifs is 1. The highest BCUT2D eigenvalue weighted by Gasteiger charge is 2.17. The van der Waals surface area contributed by atoms with Gasteiger partial charge in [0.05, 0.1) is 0 Å². The second-order valence-electron chi connectivity index (χ2n) is 2.75. The Hall–Kier alpha value is -0.430. The van der Waals surface area contributed by atoms with Crippen LogP contribution >= 0.6 is 11.8 Å². The van der Waals surface area contributed by atoms with Gasteiger partial charge in [-0.1, -0.05) is 39.0 Å². The van der Waals surface area contributed by atoms with Crippen LogP contribution in [-0.2, 0) is 0 Å². The van der Waals surface area contributed by atoms with Crippen molar-refractivity contribution < 1.29 is 0 Å². The molecule has 12 heavy (non-hydrogen) atoms. The van der Waals surface area contributed by atoms with Gasteiger partial charge in [0, 0.05) is 10.6 Å². The molecule has 1 unspecified atom stereocenters. The zero-order chi connectivity index (χ0) is 8.97. The van der Waals surface area contributed by atoms with Crippen LogP contribution in [0.25, 0.3) is 0 Å². The van der Waals surface area contributed by atoms with Gasteiger partial charge in [-0.2, -0.15) is 0 Å². The number of thioether (sulfide) groups is 1. The quantitative estimate of drug-likeness (QED) is 0.583. The minimum Gasteiger partial charge on any atom is -0.125 e. The van der Waals surface area contributed by atoms with Gasteiger partial charge in [0.15, 0.2) is 0 Å². The van der Waals surface area contributed by atoms with Gasteiger partial charge in [-0.25, -0.2) is 0 Å². The number of rotatable bonds is 0. The van der Waals surface area contributed by atoms with E-state index in [9.17, 15) is 0 Å². The van der Waals surface area contributed by atoms with E-state index in [0.29, 0.717) is 0 Å². The second kappa shape index (κ2) is 4.56. The highest BCUT2D eigenvalue weighted by Crippen LogP contribution is 2.38. The first kappa shape index (κ1) is 9.66. The molecule has 0 fully saturated rings. The van der Waals surface area contributed by atoms with E-state index >= 15 is 0 Å². The molecule has 0 spiro atoms. The van der Waals surface area contributed by atoms with Gasteiger partial charge >= 0.3 is 0 Å². The summed E-state index contributed by atoms with van der Waals surface area (Å²) in [4.78, 5) is 1.48. The standard InChI is InChI=1S/C9H10S.C2H6/c1-7-6-10-9-5-3-2-4-8(7)9;1-2/h2-5,7H,6H2,1H3;1-2H3. The van der Waals surface area contributed by atoms with Crippen LogP contribution in [0, 0.1) is 0 Å². The third-order valence-corrected chi connectivity index (χ3v) is 3.29. The Labute approximate surface area is 79.4 Å². The van der Waals surface area contributed by atoms with Crippen LogP contribution in [0.2, 0.25) is 0 Å². The molecule has 2 rings (SSSR count). The molecule has 0 saturated heterocycles. The summed E-state index contributed by atoms with van der Waals surface area (Å²) in [5, 5.41) is 0. The van der Waals surface area contributed by atoms with E-state index in [1.165, 1.54) is 16.2 Å². The third kappa shape index (κ3) is 1.84. The largest absolute Gasteiger partial charge is 0.125 e. The van der Waals surface area contributed by atoms with E-state index in [1.807, 2.05) is 25.6 Å². The molecule has 0 aliphatic carbocycles. The maximum atomic E-state index is 2.29. The van der Waals surface area contributed by atoms with E-state index in [4.69, 9.17) is 0 Å². The molecule has 1 aromatic rings. The predicted molar refractivity (Wildman–Crippen MR) is 56.9 cm³/mol. The molecule has 0 aromatic heterocycles. The first-order valence-corrected chi connectivity index (χ1v) is 5.58. The normalized spacial score (nSPS) is 19.4. The predicted octanol–water partition coefficient (Wildman–Crippen LogP) is 3.92. The van der Waals surface area contributed by atoms with E-state index in [-0.39, 0.29) is 0 Å². The molecule has 0 amide bonds. The monoisotopic (exact) mass is 180 g/mol. The summed E-state index contributed by atoms with van der Waals surface area (Å²) >= 11 is 1.98. The number of hydrogen-bond acceptors (Lipinski definition) is 1. The van der Waals surface area contributed by atoms with Gasteiger partial charge in [0.2, 0.25) is 0 Å². The zero-order valence-electron chi connectivity index (χ0n) is 8.00. The van der Waals surface area contributed by atoms with Crippen molar-refractivity contribution in [2.45, 2.75) is 31.6 Å². The maximum Gasteiger partial charge on any atom is 0.0107 e. The lowest BCUT2D eigenvalue weighted by Gasteiger charge is -1.99. The highest BCUT2D eigenvalue weighted by atomic mass is 32.2. The van der Waals surface area contributed by atoms with E-state index in [1.54, 1.807) is 0 Å². The molecular formula is C11H16S. The van der Waals surface area contributed by atoms with Crippen molar-refractivity contribution in [1.82, 2.24) is 0 Å². The summed E-state index contributed by atoms with van der Waals surface area (Å²) in [6, 6.07) is 8.69. The smallest absolute Gasteiger partial charge is 0.0107 e. The summed E-state index contributed by atoms with van der Waals surface area (Å²) in [6.45, 7) is 6.29. The molecule has 0 bridgehead atoms. The van der Waals surface area contributed by atoms with Crippen LogP contribution in [0.4, 0.5) is 0 Å². The summed E-state index contributed by atoms with van der Waals surface area (Å²) in [7, 11) is 0. The summed E-state index contributed by atoms with van der Waals surface area (Å²) in [5.41, 5.74) is 1.53. The Morgan fingerprint density at radius 1 is 1.25 bits per heavy atom. The van der Waals surface area contributed by atoms with Gasteiger partial charge in [-0.05, 0) is 17.5 Å². The first-order valence-electron chi connectivity index (χ1n) is 4.59. The summed E-state index contributed by atoms with van der Waals surface area (Å²) in [5.74, 6) is 2.03. The lowest BCUT2D eigenvalue weighted by Crippen LogP contribution is -1.87. The van der Waals surface area contributed by atoms with Crippen molar-refractivity contribution in [3.8, 4) is 0 Å². The highest BCUT2D eigenvalue weighted by molar-refractivity contribution is 7.99. The number of hydrogen-bond donors (Lipinski definition) is 0. The lowest BCUT2D eigenvalue weighted by atomic mass is 10.0. The Balaban J connectivity index is 0.000000336. The molecular weight excluding hydrogens is 164 g/mol. The average molecular weight is 180 g/mol. The van der Waals surface area contributed by atoms with Crippen LogP contribution in [0.15, 0.2) is 29.2 Å². The molecule has 1 heteroatoms. The fourth-order valence-electron chi connectivity index (χ4n) is 1.32. The van der Waals surface area contributed by atoms with Crippen molar-refractivity contribution in [1.29, 1.82) is 0 Å². The molecule has 1 heterocycles. The molecule has 1 aromatic carbocycles. The van der Waals surface area contributed by atoms with Gasteiger partial charge in [-0.3, -0.25) is 0 Å². The van der Waals surface area contributed by atoms with Crippen molar-refractivity contribution >= 4 is 11.8 Å². The van der Waals surface area contributed by atoms with Crippen LogP contribution in [0.5, 0.6) is 0 Å². The van der Waals surface area contributed by atoms with Crippen LogP contribution in [-0.4, -0.2) is 5.75 Å². The molecule has 66 valence electrons. The molecule has 1 aliphatic rings. The Morgan fingerprint density at radius 2 is 1.92 bits per heavy atom. The fourth-order valence-corrected chi connectivity index (χ4v) is 2.54. The summed E-state index contributed by atoms with van der Waals surface area (Å²) in [6.07, 6.45) is 0. The lowest BCUT2D eigenvalue weighted by molar-refractivity contribution is 0.882. The van der Waals surface area contributed by atoms with Crippen molar-refractivity contribution in [2.24, 2.45) is 0 Å². The SMILES string of the molecule is CC.CC1CSc2ccccc21. The second-order valence-corrected chi connectivity index (χ2v) is 3.81. The fraction of sp³-hybridized carbons (Fsp3) is 0.455. The third-order valence-electron chi connectivity index (χ3n) is 1.94. The average Bonchev–Trinajstić information content (AvgIpc) is 2.53. The molecule has 0 N–H and O–H groups in total. The van der Waals surface area contributed by atoms with Gasteiger partial charge in [-0.15, -0.1) is 11.8 Å². The molecule has 0 saturated carbocycles. The van der Waals surface area contributed by atoms with Gasteiger partial charge in [0.25, 0.3) is 0 Å². The van der Waals surface area contributed by atoms with E-state index in [2.05, 4.69) is 31.2 Å². The minimum absolute atomic E-state index is 0.765. The van der Waals surface area contributed by atoms with E-state index in [0.717, 1.165) is 5.92 Å². The van der Waals surface area contributed by atoms with Gasteiger partial charge < -0.3 is 0 Å². The summed E-state index contributed by atoms with van der Waals surface area (Å²) < 4.78 is 0. The molecule has 0 radical (unpaired) electrons. The minimum atomic E-state index is 0.765. The Morgan fingerprint density at radius 3 is 2.58 bits per heavy atom. The molecule has 1 aliphatic heterocycles. The molecule has 1 atom stereocenters. The topological polar surface area (TPSA) is 0 Å². The van der Waals surface area contributed by atoms with Gasteiger partial charge in [0.1, 0.15) is 0 Å². The Kier molecular flexibility index (Phi) is 3.67. The van der Waals surface area contributed by atoms with Crippen LogP contribution in [0.1, 0.15) is 32.3 Å². The number of benzene rings is 1. The van der Waals surface area contributed by atoms with Crippen LogP contribution < -0.4 is 0 Å². The van der Waals surface area contributed by atoms with Crippen molar-refractivity contribution in [3.05, 3.63) is 29.8 Å². The van der Waals surface area contributed by atoms with Crippen molar-refractivity contribution in [3.63, 3.8) is 0 Å². The first-order chi connectivity index (χ1) is 5.88. The maximum absolute atomic E-state index is 2.29.